The monoisotopic (exact) mass is 207 g/mol. The zero-order valence-electron chi connectivity index (χ0n) is 9.46. The van der Waals surface area contributed by atoms with Crippen LogP contribution >= 0.6 is 0 Å². The van der Waals surface area contributed by atoms with Crippen LogP contribution in [0.1, 0.15) is 30.5 Å². The molecule has 2 rings (SSSR count). The standard InChI is InChI=1S/C13H18FN/c1-10(2)15-6-5-12-4-3-11(8-14)7-13(12)9-15/h3-4,7,10H,5-6,8-9H2,1-2H3. The van der Waals surface area contributed by atoms with Gasteiger partial charge in [0.05, 0.1) is 0 Å². The zero-order valence-corrected chi connectivity index (χ0v) is 9.46. The lowest BCUT2D eigenvalue weighted by Crippen LogP contribution is -2.35. The molecule has 0 fully saturated rings. The summed E-state index contributed by atoms with van der Waals surface area (Å²) in [6, 6.07) is 6.59. The third-order valence-corrected chi connectivity index (χ3v) is 3.20. The quantitative estimate of drug-likeness (QED) is 0.720. The van der Waals surface area contributed by atoms with Gasteiger partial charge in [0.2, 0.25) is 0 Å². The molecule has 0 bridgehead atoms. The van der Waals surface area contributed by atoms with Gasteiger partial charge in [0.15, 0.2) is 0 Å². The first-order chi connectivity index (χ1) is 7.20. The molecule has 0 saturated heterocycles. The Morgan fingerprint density at radius 1 is 1.33 bits per heavy atom. The Kier molecular flexibility index (Phi) is 3.06. The molecule has 0 aromatic heterocycles. The maximum atomic E-state index is 12.5. The van der Waals surface area contributed by atoms with E-state index in [4.69, 9.17) is 0 Å². The average molecular weight is 207 g/mol. The molecule has 0 N–H and O–H groups in total. The van der Waals surface area contributed by atoms with E-state index in [1.165, 1.54) is 11.1 Å². The van der Waals surface area contributed by atoms with Gasteiger partial charge in [-0.15, -0.1) is 0 Å². The summed E-state index contributed by atoms with van der Waals surface area (Å²) < 4.78 is 12.5. The molecule has 82 valence electrons. The van der Waals surface area contributed by atoms with E-state index in [2.05, 4.69) is 24.8 Å². The molecule has 1 heterocycles. The van der Waals surface area contributed by atoms with E-state index in [0.717, 1.165) is 25.1 Å². The molecule has 15 heavy (non-hydrogen) atoms. The first-order valence-electron chi connectivity index (χ1n) is 5.61. The highest BCUT2D eigenvalue weighted by atomic mass is 19.1. The van der Waals surface area contributed by atoms with E-state index in [-0.39, 0.29) is 6.67 Å². The maximum absolute atomic E-state index is 12.5. The van der Waals surface area contributed by atoms with Gasteiger partial charge in [-0.3, -0.25) is 4.90 Å². The van der Waals surface area contributed by atoms with E-state index in [1.54, 1.807) is 0 Å². The number of halogens is 1. The summed E-state index contributed by atoms with van der Waals surface area (Å²) in [4.78, 5) is 2.43. The van der Waals surface area contributed by atoms with Crippen LogP contribution in [-0.4, -0.2) is 17.5 Å². The average Bonchev–Trinajstić information content (AvgIpc) is 2.27. The molecule has 1 aliphatic rings. The molecule has 0 atom stereocenters. The minimum atomic E-state index is -0.352. The van der Waals surface area contributed by atoms with Gasteiger partial charge in [-0.2, -0.15) is 0 Å². The molecular formula is C13H18FN. The van der Waals surface area contributed by atoms with E-state index < -0.39 is 0 Å². The SMILES string of the molecule is CC(C)N1CCc2ccc(CF)cc2C1. The van der Waals surface area contributed by atoms with Crippen molar-refractivity contribution < 1.29 is 4.39 Å². The van der Waals surface area contributed by atoms with Gasteiger partial charge in [-0.05, 0) is 37.0 Å². The summed E-state index contributed by atoms with van der Waals surface area (Å²) in [6.45, 7) is 6.17. The van der Waals surface area contributed by atoms with Crippen LogP contribution in [0.2, 0.25) is 0 Å². The largest absolute Gasteiger partial charge is 0.296 e. The van der Waals surface area contributed by atoms with Crippen LogP contribution in [-0.2, 0) is 19.6 Å². The van der Waals surface area contributed by atoms with Crippen LogP contribution in [0.5, 0.6) is 0 Å². The summed E-state index contributed by atoms with van der Waals surface area (Å²) in [6.07, 6.45) is 1.10. The van der Waals surface area contributed by atoms with Crippen LogP contribution in [0.4, 0.5) is 4.39 Å². The second-order valence-electron chi connectivity index (χ2n) is 4.55. The van der Waals surface area contributed by atoms with E-state index in [1.807, 2.05) is 12.1 Å². The van der Waals surface area contributed by atoms with Crippen molar-refractivity contribution in [2.24, 2.45) is 0 Å². The molecule has 0 aliphatic carbocycles. The molecular weight excluding hydrogens is 189 g/mol. The van der Waals surface area contributed by atoms with Gasteiger partial charge in [0.25, 0.3) is 0 Å². The van der Waals surface area contributed by atoms with Crippen LogP contribution < -0.4 is 0 Å². The lowest BCUT2D eigenvalue weighted by molar-refractivity contribution is 0.203. The molecule has 0 spiro atoms. The van der Waals surface area contributed by atoms with Gasteiger partial charge in [-0.25, -0.2) is 4.39 Å². The second kappa shape index (κ2) is 4.31. The fourth-order valence-corrected chi connectivity index (χ4v) is 2.16. The Bertz CT molecular complexity index is 346. The number of fused-ring (bicyclic) bond motifs is 1. The van der Waals surface area contributed by atoms with Crippen molar-refractivity contribution in [3.63, 3.8) is 0 Å². The maximum Gasteiger partial charge on any atom is 0.115 e. The van der Waals surface area contributed by atoms with Crippen LogP contribution in [0.25, 0.3) is 0 Å². The molecule has 1 aliphatic heterocycles. The normalized spacial score (nSPS) is 16.8. The van der Waals surface area contributed by atoms with Crippen LogP contribution in [0.3, 0.4) is 0 Å². The van der Waals surface area contributed by atoms with Crippen LogP contribution in [0.15, 0.2) is 18.2 Å². The number of benzene rings is 1. The van der Waals surface area contributed by atoms with Crippen LogP contribution in [0, 0.1) is 0 Å². The Morgan fingerprint density at radius 2 is 2.13 bits per heavy atom. The van der Waals surface area contributed by atoms with Gasteiger partial charge in [-0.1, -0.05) is 18.2 Å². The molecule has 1 aromatic carbocycles. The van der Waals surface area contributed by atoms with Crippen molar-refractivity contribution in [3.8, 4) is 0 Å². The van der Waals surface area contributed by atoms with E-state index in [9.17, 15) is 4.39 Å². The summed E-state index contributed by atoms with van der Waals surface area (Å²) in [7, 11) is 0. The molecule has 0 saturated carbocycles. The number of alkyl halides is 1. The van der Waals surface area contributed by atoms with Crippen molar-refractivity contribution in [3.05, 3.63) is 34.9 Å². The first-order valence-corrected chi connectivity index (χ1v) is 5.61. The highest BCUT2D eigenvalue weighted by Crippen LogP contribution is 2.22. The fourth-order valence-electron chi connectivity index (χ4n) is 2.16. The fraction of sp³-hybridized carbons (Fsp3) is 0.538. The molecule has 2 heteroatoms. The zero-order chi connectivity index (χ0) is 10.8. The summed E-state index contributed by atoms with van der Waals surface area (Å²) >= 11 is 0. The predicted octanol–water partition coefficient (Wildman–Crippen LogP) is 2.92. The third kappa shape index (κ3) is 2.20. The molecule has 1 aromatic rings. The van der Waals surface area contributed by atoms with Crippen molar-refractivity contribution >= 4 is 0 Å². The van der Waals surface area contributed by atoms with E-state index >= 15 is 0 Å². The lowest BCUT2D eigenvalue weighted by Gasteiger charge is -2.32. The molecule has 0 radical (unpaired) electrons. The number of nitrogens with zero attached hydrogens (tertiary/aromatic N) is 1. The highest BCUT2D eigenvalue weighted by Gasteiger charge is 2.18. The van der Waals surface area contributed by atoms with E-state index in [0.29, 0.717) is 6.04 Å². The van der Waals surface area contributed by atoms with Gasteiger partial charge >= 0.3 is 0 Å². The second-order valence-corrected chi connectivity index (χ2v) is 4.55. The van der Waals surface area contributed by atoms with Gasteiger partial charge in [0.1, 0.15) is 6.67 Å². The Labute approximate surface area is 90.9 Å². The lowest BCUT2D eigenvalue weighted by atomic mass is 9.97. The Morgan fingerprint density at radius 3 is 2.80 bits per heavy atom. The summed E-state index contributed by atoms with van der Waals surface area (Å²) in [5, 5.41) is 0. The minimum absolute atomic E-state index is 0.352. The van der Waals surface area contributed by atoms with Crippen molar-refractivity contribution in [1.82, 2.24) is 4.90 Å². The van der Waals surface area contributed by atoms with Gasteiger partial charge in [0, 0.05) is 19.1 Å². The molecule has 0 unspecified atom stereocenters. The molecule has 0 amide bonds. The first kappa shape index (κ1) is 10.6. The van der Waals surface area contributed by atoms with Crippen molar-refractivity contribution in [2.75, 3.05) is 6.54 Å². The molecule has 1 nitrogen and oxygen atoms in total. The summed E-state index contributed by atoms with van der Waals surface area (Å²) in [5.41, 5.74) is 3.51. The Balaban J connectivity index is 2.23. The van der Waals surface area contributed by atoms with Crippen molar-refractivity contribution in [1.29, 1.82) is 0 Å². The third-order valence-electron chi connectivity index (χ3n) is 3.20. The number of hydrogen-bond donors (Lipinski definition) is 0. The van der Waals surface area contributed by atoms with Crippen molar-refractivity contribution in [2.45, 2.75) is 39.5 Å². The van der Waals surface area contributed by atoms with Gasteiger partial charge < -0.3 is 0 Å². The topological polar surface area (TPSA) is 3.24 Å². The number of hydrogen-bond acceptors (Lipinski definition) is 1. The predicted molar refractivity (Wildman–Crippen MR) is 60.5 cm³/mol. The number of rotatable bonds is 2. The Hall–Kier alpha value is -0.890. The highest BCUT2D eigenvalue weighted by molar-refractivity contribution is 5.33. The smallest absolute Gasteiger partial charge is 0.115 e. The summed E-state index contributed by atoms with van der Waals surface area (Å²) in [5.74, 6) is 0. The minimum Gasteiger partial charge on any atom is -0.296 e.